The Kier molecular flexibility index (Phi) is 3.32. The van der Waals surface area contributed by atoms with E-state index < -0.39 is 0 Å². The van der Waals surface area contributed by atoms with Gasteiger partial charge in [0, 0.05) is 0 Å². The number of nitrogens with zero attached hydrogens (tertiary/aromatic N) is 3. The highest BCUT2D eigenvalue weighted by molar-refractivity contribution is 5.73. The monoisotopic (exact) mass is 229 g/mol. The lowest BCUT2D eigenvalue weighted by molar-refractivity contribution is 0.111. The first kappa shape index (κ1) is 11.5. The smallest absolute Gasteiger partial charge is 0.172 e. The van der Waals surface area contributed by atoms with Gasteiger partial charge in [-0.25, -0.2) is 4.68 Å². The highest BCUT2D eigenvalue weighted by Crippen LogP contribution is 2.09. The van der Waals surface area contributed by atoms with Gasteiger partial charge in [-0.05, 0) is 18.9 Å². The van der Waals surface area contributed by atoms with Gasteiger partial charge in [-0.3, -0.25) is 4.79 Å². The molecule has 0 aliphatic heterocycles. The summed E-state index contributed by atoms with van der Waals surface area (Å²) in [6.07, 6.45) is 1.52. The maximum atomic E-state index is 10.8. The van der Waals surface area contributed by atoms with E-state index >= 15 is 0 Å². The standard InChI is InChI=1S/C13H15N3O/c1-3-13-12(9-17)14-15-16(13)8-11-6-4-5-10(2)7-11/h4-7,9H,3,8H2,1-2H3. The van der Waals surface area contributed by atoms with Crippen molar-refractivity contribution in [2.75, 3.05) is 0 Å². The maximum absolute atomic E-state index is 10.8. The molecule has 0 amide bonds. The van der Waals surface area contributed by atoms with Crippen molar-refractivity contribution in [3.05, 3.63) is 46.8 Å². The number of hydrogen-bond donors (Lipinski definition) is 0. The molecule has 0 saturated heterocycles. The lowest BCUT2D eigenvalue weighted by atomic mass is 10.1. The van der Waals surface area contributed by atoms with Crippen LogP contribution in [0, 0.1) is 6.92 Å². The predicted molar refractivity (Wildman–Crippen MR) is 65.1 cm³/mol. The van der Waals surface area contributed by atoms with Gasteiger partial charge in [-0.1, -0.05) is 42.0 Å². The van der Waals surface area contributed by atoms with E-state index in [1.165, 1.54) is 11.1 Å². The summed E-state index contributed by atoms with van der Waals surface area (Å²) in [5.74, 6) is 0. The highest BCUT2D eigenvalue weighted by Gasteiger charge is 2.10. The van der Waals surface area contributed by atoms with Crippen molar-refractivity contribution in [3.8, 4) is 0 Å². The fourth-order valence-electron chi connectivity index (χ4n) is 1.91. The second-order valence-electron chi connectivity index (χ2n) is 4.04. The van der Waals surface area contributed by atoms with E-state index in [0.717, 1.165) is 18.4 Å². The van der Waals surface area contributed by atoms with Crippen LogP contribution in [0.25, 0.3) is 0 Å². The van der Waals surface area contributed by atoms with Crippen molar-refractivity contribution in [1.29, 1.82) is 0 Å². The summed E-state index contributed by atoms with van der Waals surface area (Å²) >= 11 is 0. The largest absolute Gasteiger partial charge is 0.296 e. The molecule has 0 fully saturated rings. The molecule has 2 aromatic rings. The molecule has 88 valence electrons. The fraction of sp³-hybridized carbons (Fsp3) is 0.308. The molecule has 2 rings (SSSR count). The van der Waals surface area contributed by atoms with Crippen LogP contribution in [-0.4, -0.2) is 21.3 Å². The molecule has 0 saturated carbocycles. The van der Waals surface area contributed by atoms with Gasteiger partial charge in [0.2, 0.25) is 0 Å². The van der Waals surface area contributed by atoms with Gasteiger partial charge >= 0.3 is 0 Å². The summed E-state index contributed by atoms with van der Waals surface area (Å²) in [5, 5.41) is 7.89. The minimum atomic E-state index is 0.445. The summed E-state index contributed by atoms with van der Waals surface area (Å²) in [5.41, 5.74) is 3.72. The van der Waals surface area contributed by atoms with Gasteiger partial charge in [-0.15, -0.1) is 5.10 Å². The first-order chi connectivity index (χ1) is 8.24. The van der Waals surface area contributed by atoms with E-state index in [1.807, 2.05) is 13.0 Å². The summed E-state index contributed by atoms with van der Waals surface area (Å²) in [6.45, 7) is 4.71. The van der Waals surface area contributed by atoms with Crippen molar-refractivity contribution in [2.24, 2.45) is 0 Å². The van der Waals surface area contributed by atoms with Crippen LogP contribution in [0.3, 0.4) is 0 Å². The molecule has 4 nitrogen and oxygen atoms in total. The number of carbonyl (C=O) groups is 1. The molecule has 0 aliphatic rings. The van der Waals surface area contributed by atoms with Gasteiger partial charge in [0.15, 0.2) is 6.29 Å². The van der Waals surface area contributed by atoms with Crippen LogP contribution >= 0.6 is 0 Å². The highest BCUT2D eigenvalue weighted by atomic mass is 16.1. The van der Waals surface area contributed by atoms with Crippen LogP contribution in [0.4, 0.5) is 0 Å². The number of benzene rings is 1. The first-order valence-corrected chi connectivity index (χ1v) is 5.67. The molecule has 0 N–H and O–H groups in total. The Balaban J connectivity index is 2.30. The number of rotatable bonds is 4. The average molecular weight is 229 g/mol. The van der Waals surface area contributed by atoms with E-state index in [9.17, 15) is 4.79 Å². The zero-order valence-electron chi connectivity index (χ0n) is 10.1. The van der Waals surface area contributed by atoms with Gasteiger partial charge in [0.25, 0.3) is 0 Å². The Morgan fingerprint density at radius 1 is 1.41 bits per heavy atom. The summed E-state index contributed by atoms with van der Waals surface area (Å²) < 4.78 is 1.79. The van der Waals surface area contributed by atoms with Crippen molar-refractivity contribution < 1.29 is 4.79 Å². The number of aryl methyl sites for hydroxylation is 1. The lowest BCUT2D eigenvalue weighted by Gasteiger charge is -2.05. The minimum Gasteiger partial charge on any atom is -0.296 e. The fourth-order valence-corrected chi connectivity index (χ4v) is 1.91. The number of aldehydes is 1. The van der Waals surface area contributed by atoms with Gasteiger partial charge in [-0.2, -0.15) is 0 Å². The Morgan fingerprint density at radius 3 is 2.88 bits per heavy atom. The van der Waals surface area contributed by atoms with Crippen LogP contribution in [0.2, 0.25) is 0 Å². The van der Waals surface area contributed by atoms with Crippen molar-refractivity contribution in [1.82, 2.24) is 15.0 Å². The molecule has 0 radical (unpaired) electrons. The van der Waals surface area contributed by atoms with Crippen LogP contribution in [-0.2, 0) is 13.0 Å². The number of aromatic nitrogens is 3. The van der Waals surface area contributed by atoms with E-state index in [1.54, 1.807) is 4.68 Å². The number of carbonyl (C=O) groups excluding carboxylic acids is 1. The van der Waals surface area contributed by atoms with E-state index in [2.05, 4.69) is 35.4 Å². The van der Waals surface area contributed by atoms with Crippen LogP contribution in [0.15, 0.2) is 24.3 Å². The molecule has 0 aliphatic carbocycles. The van der Waals surface area contributed by atoms with Gasteiger partial charge in [0.1, 0.15) is 5.69 Å². The van der Waals surface area contributed by atoms with Crippen molar-refractivity contribution in [2.45, 2.75) is 26.8 Å². The predicted octanol–water partition coefficient (Wildman–Crippen LogP) is 2.01. The Bertz CT molecular complexity index is 531. The zero-order valence-corrected chi connectivity index (χ0v) is 10.1. The quantitative estimate of drug-likeness (QED) is 0.753. The maximum Gasteiger partial charge on any atom is 0.172 e. The Labute approximate surface area is 100 Å². The molecule has 0 spiro atoms. The lowest BCUT2D eigenvalue weighted by Crippen LogP contribution is -2.06. The molecular formula is C13H15N3O. The molecule has 4 heteroatoms. The third-order valence-electron chi connectivity index (χ3n) is 2.73. The zero-order chi connectivity index (χ0) is 12.3. The second kappa shape index (κ2) is 4.91. The van der Waals surface area contributed by atoms with E-state index in [0.29, 0.717) is 12.2 Å². The topological polar surface area (TPSA) is 47.8 Å². The van der Waals surface area contributed by atoms with E-state index in [4.69, 9.17) is 0 Å². The molecule has 1 aromatic heterocycles. The van der Waals surface area contributed by atoms with Crippen molar-refractivity contribution in [3.63, 3.8) is 0 Å². The van der Waals surface area contributed by atoms with Crippen molar-refractivity contribution >= 4 is 6.29 Å². The molecule has 1 aromatic carbocycles. The molecule has 1 heterocycles. The van der Waals surface area contributed by atoms with E-state index in [-0.39, 0.29) is 0 Å². The second-order valence-corrected chi connectivity index (χ2v) is 4.04. The third-order valence-corrected chi connectivity index (χ3v) is 2.73. The SMILES string of the molecule is CCc1c(C=O)nnn1Cc1cccc(C)c1. The first-order valence-electron chi connectivity index (χ1n) is 5.67. The molecule has 0 bridgehead atoms. The molecule has 17 heavy (non-hydrogen) atoms. The average Bonchev–Trinajstić information content (AvgIpc) is 2.71. The summed E-state index contributed by atoms with van der Waals surface area (Å²) in [4.78, 5) is 10.8. The molecule has 0 unspecified atom stereocenters. The van der Waals surface area contributed by atoms with Crippen LogP contribution in [0.1, 0.15) is 34.2 Å². The Hall–Kier alpha value is -1.97. The molecular weight excluding hydrogens is 214 g/mol. The van der Waals surface area contributed by atoms with Gasteiger partial charge in [0.05, 0.1) is 12.2 Å². The summed E-state index contributed by atoms with van der Waals surface area (Å²) in [6, 6.07) is 8.24. The van der Waals surface area contributed by atoms with Crippen LogP contribution in [0.5, 0.6) is 0 Å². The van der Waals surface area contributed by atoms with Gasteiger partial charge < -0.3 is 0 Å². The minimum absolute atomic E-state index is 0.445. The summed E-state index contributed by atoms with van der Waals surface area (Å²) in [7, 11) is 0. The third kappa shape index (κ3) is 2.41. The van der Waals surface area contributed by atoms with Crippen LogP contribution < -0.4 is 0 Å². The number of hydrogen-bond acceptors (Lipinski definition) is 3. The normalized spacial score (nSPS) is 10.5. The Morgan fingerprint density at radius 2 is 2.24 bits per heavy atom. The molecule has 0 atom stereocenters.